The van der Waals surface area contributed by atoms with Crippen LogP contribution in [-0.4, -0.2) is 7.11 Å². The smallest absolute Gasteiger partial charge is 0.126 e. The summed E-state index contributed by atoms with van der Waals surface area (Å²) in [5.74, 6) is 0.938. The van der Waals surface area contributed by atoms with Crippen molar-refractivity contribution in [1.29, 1.82) is 0 Å². The molecule has 0 spiro atoms. The van der Waals surface area contributed by atoms with Crippen LogP contribution in [0.15, 0.2) is 36.4 Å². The van der Waals surface area contributed by atoms with Crippen molar-refractivity contribution in [2.75, 3.05) is 12.4 Å². The van der Waals surface area contributed by atoms with E-state index in [2.05, 4.69) is 44.3 Å². The van der Waals surface area contributed by atoms with Crippen LogP contribution in [0.5, 0.6) is 5.75 Å². The molecule has 2 nitrogen and oxygen atoms in total. The standard InChI is InChI=1S/C17H20ClNO/c1-11-8-9-16(12(2)17(11)20-4)19-13(3)14-6-5-7-15(18)10-14/h5-10,13,19H,1-4H3. The molecule has 1 unspecified atom stereocenters. The lowest BCUT2D eigenvalue weighted by Crippen LogP contribution is -2.08. The molecule has 3 heteroatoms. The molecule has 106 valence electrons. The summed E-state index contributed by atoms with van der Waals surface area (Å²) in [4.78, 5) is 0. The Hall–Kier alpha value is -1.67. The Morgan fingerprint density at radius 2 is 1.90 bits per heavy atom. The van der Waals surface area contributed by atoms with Crippen LogP contribution in [-0.2, 0) is 0 Å². The average Bonchev–Trinajstić information content (AvgIpc) is 2.42. The minimum atomic E-state index is 0.180. The van der Waals surface area contributed by atoms with Gasteiger partial charge in [0.05, 0.1) is 7.11 Å². The number of aryl methyl sites for hydroxylation is 1. The second-order valence-electron chi connectivity index (χ2n) is 5.01. The van der Waals surface area contributed by atoms with Crippen molar-refractivity contribution in [3.63, 3.8) is 0 Å². The van der Waals surface area contributed by atoms with Gasteiger partial charge in [-0.3, -0.25) is 0 Å². The predicted octanol–water partition coefficient (Wildman–Crippen LogP) is 5.14. The van der Waals surface area contributed by atoms with Crippen molar-refractivity contribution in [3.8, 4) is 5.75 Å². The summed E-state index contributed by atoms with van der Waals surface area (Å²) < 4.78 is 5.46. The summed E-state index contributed by atoms with van der Waals surface area (Å²) in [6.07, 6.45) is 0. The maximum absolute atomic E-state index is 6.04. The second-order valence-corrected chi connectivity index (χ2v) is 5.45. The largest absolute Gasteiger partial charge is 0.496 e. The molecule has 0 fully saturated rings. The normalized spacial score (nSPS) is 12.1. The first-order valence-electron chi connectivity index (χ1n) is 6.69. The van der Waals surface area contributed by atoms with E-state index in [0.717, 1.165) is 33.1 Å². The van der Waals surface area contributed by atoms with Gasteiger partial charge in [-0.25, -0.2) is 0 Å². The Morgan fingerprint density at radius 3 is 2.55 bits per heavy atom. The number of benzene rings is 2. The zero-order valence-corrected chi connectivity index (χ0v) is 13.1. The van der Waals surface area contributed by atoms with Crippen molar-refractivity contribution in [1.82, 2.24) is 0 Å². The van der Waals surface area contributed by atoms with E-state index in [1.165, 1.54) is 0 Å². The van der Waals surface area contributed by atoms with E-state index in [0.29, 0.717) is 0 Å². The van der Waals surface area contributed by atoms with Crippen LogP contribution in [0.2, 0.25) is 5.02 Å². The molecule has 0 radical (unpaired) electrons. The quantitative estimate of drug-likeness (QED) is 0.841. The summed E-state index contributed by atoms with van der Waals surface area (Å²) in [7, 11) is 1.71. The van der Waals surface area contributed by atoms with Crippen molar-refractivity contribution in [3.05, 3.63) is 58.1 Å². The second kappa shape index (κ2) is 6.19. The fourth-order valence-corrected chi connectivity index (χ4v) is 2.59. The van der Waals surface area contributed by atoms with Gasteiger partial charge in [-0.15, -0.1) is 0 Å². The number of nitrogens with one attached hydrogen (secondary N) is 1. The minimum absolute atomic E-state index is 0.180. The number of halogens is 1. The van der Waals surface area contributed by atoms with Gasteiger partial charge in [-0.2, -0.15) is 0 Å². The molecule has 1 atom stereocenters. The molecular formula is C17H20ClNO. The van der Waals surface area contributed by atoms with Crippen molar-refractivity contribution < 1.29 is 4.74 Å². The van der Waals surface area contributed by atoms with Gasteiger partial charge in [0.25, 0.3) is 0 Å². The van der Waals surface area contributed by atoms with E-state index >= 15 is 0 Å². The SMILES string of the molecule is COc1c(C)ccc(NC(C)c2cccc(Cl)c2)c1C. The number of rotatable bonds is 4. The highest BCUT2D eigenvalue weighted by molar-refractivity contribution is 6.30. The molecule has 0 aliphatic heterocycles. The zero-order chi connectivity index (χ0) is 14.7. The van der Waals surface area contributed by atoms with Crippen LogP contribution in [0, 0.1) is 13.8 Å². The number of hydrogen-bond acceptors (Lipinski definition) is 2. The highest BCUT2D eigenvalue weighted by atomic mass is 35.5. The lowest BCUT2D eigenvalue weighted by atomic mass is 10.1. The molecule has 0 aliphatic rings. The Balaban J connectivity index is 2.26. The van der Waals surface area contributed by atoms with Crippen LogP contribution >= 0.6 is 11.6 Å². The number of ether oxygens (including phenoxy) is 1. The van der Waals surface area contributed by atoms with E-state index in [9.17, 15) is 0 Å². The van der Waals surface area contributed by atoms with Crippen molar-refractivity contribution in [2.45, 2.75) is 26.8 Å². The highest BCUT2D eigenvalue weighted by Gasteiger charge is 2.11. The van der Waals surface area contributed by atoms with Gasteiger partial charge in [0.1, 0.15) is 5.75 Å². The van der Waals surface area contributed by atoms with Crippen molar-refractivity contribution in [2.24, 2.45) is 0 Å². The number of anilines is 1. The van der Waals surface area contributed by atoms with E-state index in [4.69, 9.17) is 16.3 Å². The zero-order valence-electron chi connectivity index (χ0n) is 12.3. The molecule has 2 aromatic rings. The average molecular weight is 290 g/mol. The molecule has 0 saturated carbocycles. The summed E-state index contributed by atoms with van der Waals surface area (Å²) in [5, 5.41) is 4.28. The highest BCUT2D eigenvalue weighted by Crippen LogP contribution is 2.31. The van der Waals surface area contributed by atoms with Crippen LogP contribution in [0.4, 0.5) is 5.69 Å². The molecular weight excluding hydrogens is 270 g/mol. The van der Waals surface area contributed by atoms with Gasteiger partial charge in [0.2, 0.25) is 0 Å². The molecule has 0 aliphatic carbocycles. The van der Waals surface area contributed by atoms with Gasteiger partial charge in [0, 0.05) is 22.3 Å². The predicted molar refractivity (Wildman–Crippen MR) is 86.0 cm³/mol. The van der Waals surface area contributed by atoms with Gasteiger partial charge in [-0.05, 0) is 50.1 Å². The van der Waals surface area contributed by atoms with Gasteiger partial charge < -0.3 is 10.1 Å². The van der Waals surface area contributed by atoms with Crippen LogP contribution < -0.4 is 10.1 Å². The molecule has 0 heterocycles. The molecule has 0 amide bonds. The molecule has 2 rings (SSSR count). The molecule has 0 aromatic heterocycles. The fraction of sp³-hybridized carbons (Fsp3) is 0.294. The molecule has 1 N–H and O–H groups in total. The molecule has 2 aromatic carbocycles. The van der Waals surface area contributed by atoms with Crippen molar-refractivity contribution >= 4 is 17.3 Å². The summed E-state index contributed by atoms with van der Waals surface area (Å²) in [5.41, 5.74) is 4.52. The van der Waals surface area contributed by atoms with E-state index in [1.54, 1.807) is 7.11 Å². The third-order valence-corrected chi connectivity index (χ3v) is 3.76. The summed E-state index contributed by atoms with van der Waals surface area (Å²) >= 11 is 6.04. The van der Waals surface area contributed by atoms with E-state index in [-0.39, 0.29) is 6.04 Å². The van der Waals surface area contributed by atoms with Gasteiger partial charge in [-0.1, -0.05) is 29.8 Å². The van der Waals surface area contributed by atoms with E-state index in [1.807, 2.05) is 18.2 Å². The third-order valence-electron chi connectivity index (χ3n) is 3.53. The minimum Gasteiger partial charge on any atom is -0.496 e. The molecule has 20 heavy (non-hydrogen) atoms. The van der Waals surface area contributed by atoms with Gasteiger partial charge in [0.15, 0.2) is 0 Å². The fourth-order valence-electron chi connectivity index (χ4n) is 2.39. The lowest BCUT2D eigenvalue weighted by Gasteiger charge is -2.20. The first kappa shape index (κ1) is 14.7. The first-order valence-corrected chi connectivity index (χ1v) is 7.07. The summed E-state index contributed by atoms with van der Waals surface area (Å²) in [6.45, 7) is 6.24. The maximum atomic E-state index is 6.04. The first-order chi connectivity index (χ1) is 9.52. The maximum Gasteiger partial charge on any atom is 0.126 e. The lowest BCUT2D eigenvalue weighted by molar-refractivity contribution is 0.409. The van der Waals surface area contributed by atoms with Crippen LogP contribution in [0.1, 0.15) is 29.7 Å². The summed E-state index contributed by atoms with van der Waals surface area (Å²) in [6, 6.07) is 12.3. The Morgan fingerprint density at radius 1 is 1.15 bits per heavy atom. The van der Waals surface area contributed by atoms with Crippen LogP contribution in [0.3, 0.4) is 0 Å². The van der Waals surface area contributed by atoms with Crippen LogP contribution in [0.25, 0.3) is 0 Å². The number of hydrogen-bond donors (Lipinski definition) is 1. The number of methoxy groups -OCH3 is 1. The Bertz CT molecular complexity index is 610. The Labute approximate surface area is 125 Å². The Kier molecular flexibility index (Phi) is 4.56. The molecule has 0 bridgehead atoms. The van der Waals surface area contributed by atoms with E-state index < -0.39 is 0 Å². The third kappa shape index (κ3) is 3.07. The monoisotopic (exact) mass is 289 g/mol. The molecule has 0 saturated heterocycles. The van der Waals surface area contributed by atoms with Gasteiger partial charge >= 0.3 is 0 Å². The topological polar surface area (TPSA) is 21.3 Å².